The number of nitrogens with zero attached hydrogens (tertiary/aromatic N) is 5. The van der Waals surface area contributed by atoms with Crippen LogP contribution < -0.4 is 10.6 Å². The van der Waals surface area contributed by atoms with Gasteiger partial charge in [0.1, 0.15) is 6.33 Å². The average Bonchev–Trinajstić information content (AvgIpc) is 3.20. The minimum Gasteiger partial charge on any atom is -0.354 e. The SMILES string of the molecule is CN=C(NCc1nncn1-c1ccccc1)NC1CCN(S(=O)(=O)C(F)(F)F)CC1. The Kier molecular flexibility index (Phi) is 6.61. The van der Waals surface area contributed by atoms with E-state index in [0.29, 0.717) is 22.6 Å². The molecular weight excluding hydrogens is 423 g/mol. The first-order valence-corrected chi connectivity index (χ1v) is 10.6. The number of para-hydroxylation sites is 1. The molecule has 1 aromatic heterocycles. The Bertz CT molecular complexity index is 969. The van der Waals surface area contributed by atoms with Crippen molar-refractivity contribution in [2.45, 2.75) is 30.9 Å². The van der Waals surface area contributed by atoms with Gasteiger partial charge in [-0.3, -0.25) is 9.56 Å². The van der Waals surface area contributed by atoms with Gasteiger partial charge in [0.15, 0.2) is 11.8 Å². The summed E-state index contributed by atoms with van der Waals surface area (Å²) in [5, 5.41) is 14.2. The van der Waals surface area contributed by atoms with Gasteiger partial charge >= 0.3 is 15.5 Å². The van der Waals surface area contributed by atoms with Gasteiger partial charge in [-0.25, -0.2) is 8.42 Å². The number of sulfonamides is 1. The van der Waals surface area contributed by atoms with Crippen molar-refractivity contribution in [3.63, 3.8) is 0 Å². The molecule has 1 aliphatic rings. The largest absolute Gasteiger partial charge is 0.511 e. The number of alkyl halides is 3. The number of hydrogen-bond acceptors (Lipinski definition) is 5. The first-order valence-electron chi connectivity index (χ1n) is 9.20. The molecule has 13 heteroatoms. The number of rotatable bonds is 5. The number of benzene rings is 1. The molecule has 0 spiro atoms. The summed E-state index contributed by atoms with van der Waals surface area (Å²) in [6, 6.07) is 9.34. The quantitative estimate of drug-likeness (QED) is 0.530. The predicted molar refractivity (Wildman–Crippen MR) is 104 cm³/mol. The molecule has 0 amide bonds. The topological polar surface area (TPSA) is 105 Å². The summed E-state index contributed by atoms with van der Waals surface area (Å²) in [7, 11) is -3.72. The second-order valence-electron chi connectivity index (χ2n) is 6.65. The van der Waals surface area contributed by atoms with Crippen molar-refractivity contribution in [1.29, 1.82) is 0 Å². The third-order valence-electron chi connectivity index (χ3n) is 4.72. The zero-order chi connectivity index (χ0) is 21.8. The van der Waals surface area contributed by atoms with Crippen LogP contribution in [-0.2, 0) is 16.6 Å². The molecule has 0 unspecified atom stereocenters. The Balaban J connectivity index is 1.54. The maximum absolute atomic E-state index is 12.7. The summed E-state index contributed by atoms with van der Waals surface area (Å²) in [6.07, 6.45) is 2.06. The molecule has 3 rings (SSSR count). The predicted octanol–water partition coefficient (Wildman–Crippen LogP) is 1.25. The monoisotopic (exact) mass is 445 g/mol. The van der Waals surface area contributed by atoms with Crippen LogP contribution in [0.5, 0.6) is 0 Å². The molecular formula is C17H22F3N7O2S. The highest BCUT2D eigenvalue weighted by Crippen LogP contribution is 2.28. The Morgan fingerprint density at radius 1 is 1.23 bits per heavy atom. The molecule has 1 saturated heterocycles. The van der Waals surface area contributed by atoms with E-state index in [-0.39, 0.29) is 32.0 Å². The Morgan fingerprint density at radius 3 is 2.50 bits per heavy atom. The highest BCUT2D eigenvalue weighted by atomic mass is 32.2. The standard InChI is InChI=1S/C17H22F3N7O2S/c1-21-16(22-11-15-25-23-12-27(15)14-5-3-2-4-6-14)24-13-7-9-26(10-8-13)30(28,29)17(18,19)20/h2-6,12-13H,7-11H2,1H3,(H2,21,22,24). The number of aromatic nitrogens is 3. The maximum atomic E-state index is 12.7. The lowest BCUT2D eigenvalue weighted by molar-refractivity contribution is -0.0494. The normalized spacial score (nSPS) is 17.1. The van der Waals surface area contributed by atoms with Crippen molar-refractivity contribution in [2.24, 2.45) is 4.99 Å². The molecule has 30 heavy (non-hydrogen) atoms. The van der Waals surface area contributed by atoms with Crippen molar-refractivity contribution in [1.82, 2.24) is 29.7 Å². The maximum Gasteiger partial charge on any atom is 0.511 e. The number of nitrogens with one attached hydrogen (secondary N) is 2. The van der Waals surface area contributed by atoms with Crippen LogP contribution in [-0.4, -0.2) is 65.1 Å². The summed E-state index contributed by atoms with van der Waals surface area (Å²) in [6.45, 7) is -0.104. The summed E-state index contributed by atoms with van der Waals surface area (Å²) >= 11 is 0. The van der Waals surface area contributed by atoms with Gasteiger partial charge in [-0.2, -0.15) is 17.5 Å². The van der Waals surface area contributed by atoms with Crippen LogP contribution in [0.2, 0.25) is 0 Å². The molecule has 9 nitrogen and oxygen atoms in total. The van der Waals surface area contributed by atoms with Crippen LogP contribution in [0.3, 0.4) is 0 Å². The van der Waals surface area contributed by atoms with Gasteiger partial charge in [0.2, 0.25) is 0 Å². The summed E-state index contributed by atoms with van der Waals surface area (Å²) in [4.78, 5) is 4.12. The second kappa shape index (κ2) is 9.00. The summed E-state index contributed by atoms with van der Waals surface area (Å²) in [5.74, 6) is 1.09. The van der Waals surface area contributed by atoms with E-state index in [1.54, 1.807) is 13.4 Å². The van der Waals surface area contributed by atoms with E-state index < -0.39 is 15.5 Å². The van der Waals surface area contributed by atoms with Crippen molar-refractivity contribution in [3.8, 4) is 5.69 Å². The first-order chi connectivity index (χ1) is 14.2. The lowest BCUT2D eigenvalue weighted by Crippen LogP contribution is -2.51. The molecule has 0 radical (unpaired) electrons. The van der Waals surface area contributed by atoms with E-state index in [4.69, 9.17) is 0 Å². The molecule has 2 heterocycles. The fraction of sp³-hybridized carbons (Fsp3) is 0.471. The zero-order valence-corrected chi connectivity index (χ0v) is 17.0. The lowest BCUT2D eigenvalue weighted by Gasteiger charge is -2.32. The van der Waals surface area contributed by atoms with E-state index in [1.807, 2.05) is 34.9 Å². The fourth-order valence-corrected chi connectivity index (χ4v) is 4.11. The number of piperidine rings is 1. The van der Waals surface area contributed by atoms with E-state index >= 15 is 0 Å². The Morgan fingerprint density at radius 2 is 1.90 bits per heavy atom. The van der Waals surface area contributed by atoms with Crippen LogP contribution in [0.1, 0.15) is 18.7 Å². The zero-order valence-electron chi connectivity index (χ0n) is 16.2. The molecule has 0 bridgehead atoms. The van der Waals surface area contributed by atoms with Gasteiger partial charge in [-0.15, -0.1) is 10.2 Å². The van der Waals surface area contributed by atoms with Gasteiger partial charge in [0, 0.05) is 31.9 Å². The number of hydrogen-bond donors (Lipinski definition) is 2. The van der Waals surface area contributed by atoms with Crippen LogP contribution in [0.4, 0.5) is 13.2 Å². The average molecular weight is 445 g/mol. The molecule has 0 aliphatic carbocycles. The molecule has 1 aromatic carbocycles. The smallest absolute Gasteiger partial charge is 0.354 e. The first kappa shape index (κ1) is 22.0. The number of halogens is 3. The van der Waals surface area contributed by atoms with E-state index in [2.05, 4.69) is 25.8 Å². The molecule has 0 saturated carbocycles. The minimum atomic E-state index is -5.29. The highest BCUT2D eigenvalue weighted by molar-refractivity contribution is 7.90. The Hall–Kier alpha value is -2.67. The van der Waals surface area contributed by atoms with Gasteiger partial charge in [-0.1, -0.05) is 18.2 Å². The van der Waals surface area contributed by atoms with Crippen LogP contribution in [0.25, 0.3) is 5.69 Å². The van der Waals surface area contributed by atoms with E-state index in [9.17, 15) is 21.6 Å². The minimum absolute atomic E-state index is 0.206. The van der Waals surface area contributed by atoms with Gasteiger partial charge in [0.25, 0.3) is 0 Å². The fourth-order valence-electron chi connectivity index (χ4n) is 3.12. The Labute approximate surface area is 172 Å². The number of guanidine groups is 1. The van der Waals surface area contributed by atoms with Crippen molar-refractivity contribution in [2.75, 3.05) is 20.1 Å². The molecule has 0 atom stereocenters. The van der Waals surface area contributed by atoms with Crippen molar-refractivity contribution in [3.05, 3.63) is 42.5 Å². The number of aliphatic imine (C=N–C) groups is 1. The lowest BCUT2D eigenvalue weighted by atomic mass is 10.1. The van der Waals surface area contributed by atoms with E-state index in [0.717, 1.165) is 5.69 Å². The van der Waals surface area contributed by atoms with Crippen molar-refractivity contribution < 1.29 is 21.6 Å². The molecule has 2 aromatic rings. The molecule has 2 N–H and O–H groups in total. The van der Waals surface area contributed by atoms with Crippen LogP contribution in [0.15, 0.2) is 41.7 Å². The van der Waals surface area contributed by atoms with E-state index in [1.165, 1.54) is 0 Å². The summed E-state index contributed by atoms with van der Waals surface area (Å²) < 4.78 is 63.4. The van der Waals surface area contributed by atoms with Gasteiger partial charge < -0.3 is 10.6 Å². The van der Waals surface area contributed by atoms with Gasteiger partial charge in [0.05, 0.1) is 6.54 Å². The third-order valence-corrected chi connectivity index (χ3v) is 6.35. The molecule has 1 aliphatic heterocycles. The highest BCUT2D eigenvalue weighted by Gasteiger charge is 2.50. The van der Waals surface area contributed by atoms with Crippen molar-refractivity contribution >= 4 is 16.0 Å². The van der Waals surface area contributed by atoms with Crippen LogP contribution in [0, 0.1) is 0 Å². The molecule has 1 fully saturated rings. The third kappa shape index (κ3) is 4.90. The molecule has 164 valence electrons. The van der Waals surface area contributed by atoms with Crippen LogP contribution >= 0.6 is 0 Å². The van der Waals surface area contributed by atoms with Gasteiger partial charge in [-0.05, 0) is 25.0 Å². The summed E-state index contributed by atoms with van der Waals surface area (Å²) in [5.41, 5.74) is -4.37. The second-order valence-corrected chi connectivity index (χ2v) is 8.58.